The summed E-state index contributed by atoms with van der Waals surface area (Å²) in [6.45, 7) is 5.40. The molecule has 0 aromatic heterocycles. The number of rotatable bonds is 3. The maximum Gasteiger partial charge on any atom is 0.321 e. The molecule has 0 unspecified atom stereocenters. The van der Waals surface area contributed by atoms with Gasteiger partial charge in [-0.25, -0.2) is 4.79 Å². The van der Waals surface area contributed by atoms with Crippen molar-refractivity contribution in [1.82, 2.24) is 9.80 Å². The summed E-state index contributed by atoms with van der Waals surface area (Å²) in [5, 5.41) is 3.52. The number of anilines is 1. The predicted octanol–water partition coefficient (Wildman–Crippen LogP) is 3.29. The highest BCUT2D eigenvalue weighted by atomic mass is 35.5. The van der Waals surface area contributed by atoms with Crippen LogP contribution in [0.3, 0.4) is 0 Å². The summed E-state index contributed by atoms with van der Waals surface area (Å²) < 4.78 is 0. The molecular formula is C15H22ClN3O. The predicted molar refractivity (Wildman–Crippen MR) is 83.4 cm³/mol. The van der Waals surface area contributed by atoms with Crippen molar-refractivity contribution in [3.05, 3.63) is 29.3 Å². The Morgan fingerprint density at radius 2 is 2.15 bits per heavy atom. The fraction of sp³-hybridized carbons (Fsp3) is 0.533. The summed E-state index contributed by atoms with van der Waals surface area (Å²) in [5.41, 5.74) is 0.736. The number of amides is 2. The zero-order valence-corrected chi connectivity index (χ0v) is 12.9. The topological polar surface area (TPSA) is 35.6 Å². The maximum absolute atomic E-state index is 12.2. The molecule has 1 N–H and O–H groups in total. The van der Waals surface area contributed by atoms with Gasteiger partial charge in [0.1, 0.15) is 0 Å². The SMILES string of the molecule is CCN1CCC(N(C)C(=O)Nc2cccc(Cl)c2)CC1. The van der Waals surface area contributed by atoms with E-state index < -0.39 is 0 Å². The average Bonchev–Trinajstić information content (AvgIpc) is 2.46. The van der Waals surface area contributed by atoms with Crippen LogP contribution >= 0.6 is 11.6 Å². The first-order valence-electron chi connectivity index (χ1n) is 7.12. The van der Waals surface area contributed by atoms with Crippen LogP contribution in [-0.2, 0) is 0 Å². The van der Waals surface area contributed by atoms with Crippen molar-refractivity contribution in [1.29, 1.82) is 0 Å². The van der Waals surface area contributed by atoms with Crippen molar-refractivity contribution in [2.45, 2.75) is 25.8 Å². The number of nitrogens with one attached hydrogen (secondary N) is 1. The first kappa shape index (κ1) is 15.1. The molecule has 1 aromatic carbocycles. The quantitative estimate of drug-likeness (QED) is 0.929. The largest absolute Gasteiger partial charge is 0.325 e. The molecule has 5 heteroatoms. The van der Waals surface area contributed by atoms with E-state index in [2.05, 4.69) is 17.1 Å². The van der Waals surface area contributed by atoms with Gasteiger partial charge in [0.2, 0.25) is 0 Å². The Morgan fingerprint density at radius 1 is 1.45 bits per heavy atom. The molecule has 0 saturated carbocycles. The highest BCUT2D eigenvalue weighted by Gasteiger charge is 2.24. The fourth-order valence-electron chi connectivity index (χ4n) is 2.57. The standard InChI is InChI=1S/C15H22ClN3O/c1-3-19-9-7-14(8-10-19)18(2)15(20)17-13-6-4-5-12(16)11-13/h4-6,11,14H,3,7-10H2,1-2H3,(H,17,20). The zero-order valence-electron chi connectivity index (χ0n) is 12.1. The Hall–Kier alpha value is -1.26. The van der Waals surface area contributed by atoms with Gasteiger partial charge >= 0.3 is 6.03 Å². The number of nitrogens with zero attached hydrogens (tertiary/aromatic N) is 2. The molecule has 20 heavy (non-hydrogen) atoms. The normalized spacial score (nSPS) is 16.9. The summed E-state index contributed by atoms with van der Waals surface area (Å²) in [6.07, 6.45) is 2.07. The third-order valence-corrected chi connectivity index (χ3v) is 4.18. The minimum atomic E-state index is -0.0674. The van der Waals surface area contributed by atoms with Gasteiger partial charge in [-0.2, -0.15) is 0 Å². The van der Waals surface area contributed by atoms with E-state index in [1.807, 2.05) is 24.1 Å². The summed E-state index contributed by atoms with van der Waals surface area (Å²) in [5.74, 6) is 0. The van der Waals surface area contributed by atoms with E-state index >= 15 is 0 Å². The Bertz CT molecular complexity index is 458. The smallest absolute Gasteiger partial charge is 0.321 e. The van der Waals surface area contributed by atoms with Crippen molar-refractivity contribution in [2.75, 3.05) is 32.0 Å². The highest BCUT2D eigenvalue weighted by Crippen LogP contribution is 2.18. The number of carbonyl (C=O) groups is 1. The molecule has 2 amide bonds. The van der Waals surface area contributed by atoms with Gasteiger partial charge in [-0.05, 0) is 37.6 Å². The molecule has 0 radical (unpaired) electrons. The number of carbonyl (C=O) groups excluding carboxylic acids is 1. The van der Waals surface area contributed by atoms with E-state index in [-0.39, 0.29) is 6.03 Å². The summed E-state index contributed by atoms with van der Waals surface area (Å²) in [4.78, 5) is 16.5. The lowest BCUT2D eigenvalue weighted by Gasteiger charge is -2.36. The lowest BCUT2D eigenvalue weighted by molar-refractivity contribution is 0.145. The van der Waals surface area contributed by atoms with Crippen LogP contribution in [-0.4, -0.2) is 48.6 Å². The number of hydrogen-bond donors (Lipinski definition) is 1. The molecule has 0 bridgehead atoms. The second-order valence-electron chi connectivity index (χ2n) is 5.22. The van der Waals surface area contributed by atoms with Gasteiger partial charge in [-0.15, -0.1) is 0 Å². The Kier molecular flexibility index (Phi) is 5.26. The van der Waals surface area contributed by atoms with Crippen LogP contribution in [0.5, 0.6) is 0 Å². The van der Waals surface area contributed by atoms with Crippen molar-refractivity contribution >= 4 is 23.3 Å². The maximum atomic E-state index is 12.2. The Morgan fingerprint density at radius 3 is 2.75 bits per heavy atom. The van der Waals surface area contributed by atoms with E-state index in [0.29, 0.717) is 11.1 Å². The molecule has 1 aromatic rings. The van der Waals surface area contributed by atoms with Crippen molar-refractivity contribution in [3.63, 3.8) is 0 Å². The molecule has 1 heterocycles. The fourth-order valence-corrected chi connectivity index (χ4v) is 2.76. The molecule has 2 rings (SSSR count). The minimum absolute atomic E-state index is 0.0674. The van der Waals surface area contributed by atoms with Gasteiger partial charge in [0.15, 0.2) is 0 Å². The van der Waals surface area contributed by atoms with Crippen LogP contribution < -0.4 is 5.32 Å². The van der Waals surface area contributed by atoms with E-state index in [0.717, 1.165) is 38.2 Å². The molecule has 1 fully saturated rings. The Labute approximate surface area is 125 Å². The number of piperidine rings is 1. The lowest BCUT2D eigenvalue weighted by Crippen LogP contribution is -2.46. The van der Waals surface area contributed by atoms with Crippen molar-refractivity contribution in [2.24, 2.45) is 0 Å². The van der Waals surface area contributed by atoms with Crippen molar-refractivity contribution < 1.29 is 4.79 Å². The molecule has 1 saturated heterocycles. The summed E-state index contributed by atoms with van der Waals surface area (Å²) in [6, 6.07) is 7.47. The molecule has 4 nitrogen and oxygen atoms in total. The van der Waals surface area contributed by atoms with E-state index in [1.165, 1.54) is 0 Å². The van der Waals surface area contributed by atoms with E-state index in [4.69, 9.17) is 11.6 Å². The summed E-state index contributed by atoms with van der Waals surface area (Å²) in [7, 11) is 1.87. The average molecular weight is 296 g/mol. The minimum Gasteiger partial charge on any atom is -0.325 e. The van der Waals surface area contributed by atoms with Gasteiger partial charge in [-0.1, -0.05) is 24.6 Å². The van der Waals surface area contributed by atoms with Crippen LogP contribution in [0.1, 0.15) is 19.8 Å². The van der Waals surface area contributed by atoms with Gasteiger partial charge in [0, 0.05) is 36.9 Å². The monoisotopic (exact) mass is 295 g/mol. The van der Waals surface area contributed by atoms with Gasteiger partial charge in [0.05, 0.1) is 0 Å². The molecule has 0 atom stereocenters. The zero-order chi connectivity index (χ0) is 14.5. The third kappa shape index (κ3) is 3.87. The number of urea groups is 1. The number of halogens is 1. The van der Waals surface area contributed by atoms with Gasteiger partial charge < -0.3 is 15.1 Å². The van der Waals surface area contributed by atoms with Crippen LogP contribution in [0.4, 0.5) is 10.5 Å². The molecule has 110 valence electrons. The third-order valence-electron chi connectivity index (χ3n) is 3.95. The second-order valence-corrected chi connectivity index (χ2v) is 5.65. The van der Waals surface area contributed by atoms with Crippen LogP contribution in [0.2, 0.25) is 5.02 Å². The Balaban J connectivity index is 1.89. The number of likely N-dealkylation sites (tertiary alicyclic amines) is 1. The lowest BCUT2D eigenvalue weighted by atomic mass is 10.0. The molecular weight excluding hydrogens is 274 g/mol. The summed E-state index contributed by atoms with van der Waals surface area (Å²) >= 11 is 5.92. The molecule has 0 aliphatic carbocycles. The number of hydrogen-bond acceptors (Lipinski definition) is 2. The van der Waals surface area contributed by atoms with Crippen LogP contribution in [0.15, 0.2) is 24.3 Å². The van der Waals surface area contributed by atoms with Crippen molar-refractivity contribution in [3.8, 4) is 0 Å². The van der Waals surface area contributed by atoms with E-state index in [1.54, 1.807) is 12.1 Å². The first-order chi connectivity index (χ1) is 9.60. The van der Waals surface area contributed by atoms with Gasteiger partial charge in [-0.3, -0.25) is 0 Å². The highest BCUT2D eigenvalue weighted by molar-refractivity contribution is 6.30. The second kappa shape index (κ2) is 6.95. The molecule has 1 aliphatic rings. The van der Waals surface area contributed by atoms with E-state index in [9.17, 15) is 4.79 Å². The molecule has 1 aliphatic heterocycles. The number of benzene rings is 1. The first-order valence-corrected chi connectivity index (χ1v) is 7.49. The molecule has 0 spiro atoms. The van der Waals surface area contributed by atoms with Gasteiger partial charge in [0.25, 0.3) is 0 Å². The van der Waals surface area contributed by atoms with Crippen LogP contribution in [0, 0.1) is 0 Å². The van der Waals surface area contributed by atoms with Crippen LogP contribution in [0.25, 0.3) is 0 Å².